The molecule has 1 rings (SSSR count). The zero-order valence-electron chi connectivity index (χ0n) is 12.2. The van der Waals surface area contributed by atoms with Crippen LogP contribution in [0.1, 0.15) is 38.7 Å². The topological polar surface area (TPSA) is 69.6 Å². The van der Waals surface area contributed by atoms with Crippen LogP contribution in [0.15, 0.2) is 24.3 Å². The number of carbonyl (C=O) groups excluding carboxylic acids is 1. The number of carboxylic acids is 1. The van der Waals surface area contributed by atoms with E-state index >= 15 is 0 Å². The van der Waals surface area contributed by atoms with E-state index < -0.39 is 5.97 Å². The van der Waals surface area contributed by atoms with Gasteiger partial charge in [-0.15, -0.1) is 0 Å². The van der Waals surface area contributed by atoms with E-state index in [2.05, 4.69) is 19.2 Å². The average Bonchev–Trinajstić information content (AvgIpc) is 2.39. The molecular formula is C15H22N2O3. The molecule has 0 aromatic heterocycles. The summed E-state index contributed by atoms with van der Waals surface area (Å²) in [5, 5.41) is 11.4. The zero-order chi connectivity index (χ0) is 15.1. The third kappa shape index (κ3) is 4.91. The lowest BCUT2D eigenvalue weighted by Gasteiger charge is -2.20. The van der Waals surface area contributed by atoms with Gasteiger partial charge in [0.2, 0.25) is 0 Å². The van der Waals surface area contributed by atoms with Crippen LogP contribution in [-0.4, -0.2) is 35.1 Å². The number of urea groups is 1. The molecule has 0 radical (unpaired) electrons. The highest BCUT2D eigenvalue weighted by Gasteiger charge is 2.13. The summed E-state index contributed by atoms with van der Waals surface area (Å²) in [6.45, 7) is 6.73. The van der Waals surface area contributed by atoms with Crippen LogP contribution < -0.4 is 5.32 Å². The van der Waals surface area contributed by atoms with Crippen molar-refractivity contribution in [2.45, 2.75) is 33.1 Å². The Kier molecular flexibility index (Phi) is 6.03. The Labute approximate surface area is 119 Å². The normalized spacial score (nSPS) is 10.4. The lowest BCUT2D eigenvalue weighted by Crippen LogP contribution is -2.36. The first-order chi connectivity index (χ1) is 9.43. The van der Waals surface area contributed by atoms with Crippen LogP contribution in [0.2, 0.25) is 0 Å². The number of carboxylic acid groups (broad SMARTS) is 1. The predicted molar refractivity (Wildman–Crippen MR) is 79.0 cm³/mol. The maximum atomic E-state index is 12.0. The molecule has 0 unspecified atom stereocenters. The second kappa shape index (κ2) is 7.53. The van der Waals surface area contributed by atoms with Crippen LogP contribution in [0.3, 0.4) is 0 Å². The van der Waals surface area contributed by atoms with Crippen molar-refractivity contribution in [2.75, 3.05) is 18.4 Å². The highest BCUT2D eigenvalue weighted by Crippen LogP contribution is 2.17. The number of rotatable bonds is 6. The van der Waals surface area contributed by atoms with Crippen molar-refractivity contribution in [1.29, 1.82) is 0 Å². The molecule has 0 spiro atoms. The number of hydrogen-bond donors (Lipinski definition) is 2. The quantitative estimate of drug-likeness (QED) is 0.839. The fourth-order valence-electron chi connectivity index (χ4n) is 1.79. The number of aliphatic carboxylic acids is 1. The second-order valence-corrected chi connectivity index (χ2v) is 4.93. The fraction of sp³-hybridized carbons (Fsp3) is 0.467. The summed E-state index contributed by atoms with van der Waals surface area (Å²) in [6.07, 6.45) is -0.0481. The first-order valence-electron chi connectivity index (χ1n) is 6.81. The largest absolute Gasteiger partial charge is 0.481 e. The van der Waals surface area contributed by atoms with Crippen LogP contribution >= 0.6 is 0 Å². The molecule has 110 valence electrons. The van der Waals surface area contributed by atoms with Crippen molar-refractivity contribution in [3.8, 4) is 0 Å². The number of hydrogen-bond acceptors (Lipinski definition) is 2. The van der Waals surface area contributed by atoms with Gasteiger partial charge in [0.25, 0.3) is 0 Å². The van der Waals surface area contributed by atoms with Gasteiger partial charge in [-0.25, -0.2) is 4.79 Å². The molecule has 1 aromatic rings. The molecule has 0 atom stereocenters. The van der Waals surface area contributed by atoms with E-state index in [1.807, 2.05) is 31.2 Å². The molecule has 0 aliphatic heterocycles. The molecule has 0 aliphatic carbocycles. The van der Waals surface area contributed by atoms with E-state index in [0.717, 1.165) is 0 Å². The first-order valence-corrected chi connectivity index (χ1v) is 6.81. The second-order valence-electron chi connectivity index (χ2n) is 4.93. The van der Waals surface area contributed by atoms with E-state index in [9.17, 15) is 9.59 Å². The Morgan fingerprint density at radius 1 is 1.25 bits per heavy atom. The highest BCUT2D eigenvalue weighted by molar-refractivity contribution is 5.89. The monoisotopic (exact) mass is 278 g/mol. The summed E-state index contributed by atoms with van der Waals surface area (Å²) in [6, 6.07) is 7.41. The molecule has 5 heteroatoms. The summed E-state index contributed by atoms with van der Waals surface area (Å²) in [7, 11) is 0. The first kappa shape index (κ1) is 16.0. The Morgan fingerprint density at radius 2 is 1.85 bits per heavy atom. The predicted octanol–water partition coefficient (Wildman–Crippen LogP) is 3.14. The standard InChI is InChI=1S/C15H22N2O3/c1-4-17(10-9-14(18)19)15(20)16-13-7-5-12(6-8-13)11(2)3/h5-8,11H,4,9-10H2,1-3H3,(H,16,20)(H,18,19). The van der Waals surface area contributed by atoms with Gasteiger partial charge in [-0.3, -0.25) is 4.79 Å². The van der Waals surface area contributed by atoms with Crippen molar-refractivity contribution >= 4 is 17.7 Å². The maximum absolute atomic E-state index is 12.0. The van der Waals surface area contributed by atoms with Crippen molar-refractivity contribution in [3.05, 3.63) is 29.8 Å². The van der Waals surface area contributed by atoms with E-state index in [4.69, 9.17) is 5.11 Å². The molecular weight excluding hydrogens is 256 g/mol. The molecule has 0 saturated carbocycles. The van der Waals surface area contributed by atoms with Gasteiger partial charge in [0.15, 0.2) is 0 Å². The highest BCUT2D eigenvalue weighted by atomic mass is 16.4. The molecule has 2 amide bonds. The fourth-order valence-corrected chi connectivity index (χ4v) is 1.79. The van der Waals surface area contributed by atoms with Crippen molar-refractivity contribution in [2.24, 2.45) is 0 Å². The van der Waals surface area contributed by atoms with Crippen LogP contribution in [0.25, 0.3) is 0 Å². The molecule has 0 saturated heterocycles. The smallest absolute Gasteiger partial charge is 0.321 e. The Balaban J connectivity index is 2.61. The molecule has 1 aromatic carbocycles. The van der Waals surface area contributed by atoms with Gasteiger partial charge in [0, 0.05) is 18.8 Å². The van der Waals surface area contributed by atoms with Gasteiger partial charge in [0.1, 0.15) is 0 Å². The van der Waals surface area contributed by atoms with Gasteiger partial charge in [-0.05, 0) is 30.5 Å². The summed E-state index contributed by atoms with van der Waals surface area (Å²) in [5.41, 5.74) is 1.93. The molecule has 0 fully saturated rings. The van der Waals surface area contributed by atoms with E-state index in [0.29, 0.717) is 18.2 Å². The van der Waals surface area contributed by atoms with Crippen LogP contribution in [0, 0.1) is 0 Å². The molecule has 0 heterocycles. The van der Waals surface area contributed by atoms with Gasteiger partial charge >= 0.3 is 12.0 Å². The Bertz CT molecular complexity index is 455. The lowest BCUT2D eigenvalue weighted by atomic mass is 10.0. The average molecular weight is 278 g/mol. The molecule has 0 bridgehead atoms. The van der Waals surface area contributed by atoms with Crippen molar-refractivity contribution in [1.82, 2.24) is 4.90 Å². The minimum atomic E-state index is -0.905. The van der Waals surface area contributed by atoms with Gasteiger partial charge in [-0.2, -0.15) is 0 Å². The molecule has 20 heavy (non-hydrogen) atoms. The number of anilines is 1. The number of carbonyl (C=O) groups is 2. The lowest BCUT2D eigenvalue weighted by molar-refractivity contribution is -0.137. The van der Waals surface area contributed by atoms with Crippen LogP contribution in [0.5, 0.6) is 0 Å². The number of benzene rings is 1. The van der Waals surface area contributed by atoms with Gasteiger partial charge in [0.05, 0.1) is 6.42 Å². The molecule has 2 N–H and O–H groups in total. The Hall–Kier alpha value is -2.04. The number of nitrogens with one attached hydrogen (secondary N) is 1. The van der Waals surface area contributed by atoms with E-state index in [1.165, 1.54) is 10.5 Å². The van der Waals surface area contributed by atoms with Crippen LogP contribution in [0.4, 0.5) is 10.5 Å². The minimum Gasteiger partial charge on any atom is -0.481 e. The van der Waals surface area contributed by atoms with E-state index in [1.54, 1.807) is 0 Å². The van der Waals surface area contributed by atoms with Crippen LogP contribution in [-0.2, 0) is 4.79 Å². The number of nitrogens with zero attached hydrogens (tertiary/aromatic N) is 1. The molecule has 5 nitrogen and oxygen atoms in total. The summed E-state index contributed by atoms with van der Waals surface area (Å²) in [5.74, 6) is -0.458. The Morgan fingerprint density at radius 3 is 2.30 bits per heavy atom. The maximum Gasteiger partial charge on any atom is 0.321 e. The summed E-state index contributed by atoms with van der Waals surface area (Å²) >= 11 is 0. The molecule has 0 aliphatic rings. The van der Waals surface area contributed by atoms with Crippen molar-refractivity contribution in [3.63, 3.8) is 0 Å². The van der Waals surface area contributed by atoms with Gasteiger partial charge in [-0.1, -0.05) is 26.0 Å². The third-order valence-electron chi connectivity index (χ3n) is 3.09. The third-order valence-corrected chi connectivity index (χ3v) is 3.09. The number of amides is 2. The van der Waals surface area contributed by atoms with E-state index in [-0.39, 0.29) is 19.0 Å². The van der Waals surface area contributed by atoms with Crippen molar-refractivity contribution < 1.29 is 14.7 Å². The zero-order valence-corrected chi connectivity index (χ0v) is 12.2. The SMILES string of the molecule is CCN(CCC(=O)O)C(=O)Nc1ccc(C(C)C)cc1. The summed E-state index contributed by atoms with van der Waals surface area (Å²) in [4.78, 5) is 24.0. The summed E-state index contributed by atoms with van der Waals surface area (Å²) < 4.78 is 0. The minimum absolute atomic E-state index is 0.0481. The van der Waals surface area contributed by atoms with Gasteiger partial charge < -0.3 is 15.3 Å².